The number of hydrogen-bond acceptors (Lipinski definition) is 3. The Bertz CT molecular complexity index is 520. The lowest BCUT2D eigenvalue weighted by Gasteiger charge is -2.20. The average molecular weight is 287 g/mol. The minimum Gasteiger partial charge on any atom is -0.378 e. The van der Waals surface area contributed by atoms with Crippen LogP contribution in [-0.4, -0.2) is 23.0 Å². The van der Waals surface area contributed by atoms with Crippen LogP contribution in [0.15, 0.2) is 24.3 Å². The molecule has 3 nitrogen and oxygen atoms in total. The number of hydrogen-bond donors (Lipinski definition) is 2. The summed E-state index contributed by atoms with van der Waals surface area (Å²) >= 11 is 0. The molecule has 0 aliphatic heterocycles. The quantitative estimate of drug-likeness (QED) is 0.757. The molecular formula is C18H25NO2. The molecule has 0 fully saturated rings. The lowest BCUT2D eigenvalue weighted by atomic mass is 9.93. The van der Waals surface area contributed by atoms with E-state index in [2.05, 4.69) is 11.8 Å². The molecule has 0 saturated heterocycles. The summed E-state index contributed by atoms with van der Waals surface area (Å²) in [7, 11) is 0. The molecule has 0 aliphatic carbocycles. The summed E-state index contributed by atoms with van der Waals surface area (Å²) in [6.07, 6.45) is 3.49. The minimum absolute atomic E-state index is 0.00794. The van der Waals surface area contributed by atoms with Gasteiger partial charge in [0.2, 0.25) is 0 Å². The highest BCUT2D eigenvalue weighted by atomic mass is 16.3. The second-order valence-electron chi connectivity index (χ2n) is 5.40. The number of ketones is 1. The van der Waals surface area contributed by atoms with E-state index in [9.17, 15) is 9.90 Å². The van der Waals surface area contributed by atoms with Crippen LogP contribution in [-0.2, 0) is 11.2 Å². The van der Waals surface area contributed by atoms with E-state index >= 15 is 0 Å². The largest absolute Gasteiger partial charge is 0.378 e. The first kappa shape index (κ1) is 17.4. The number of benzene rings is 1. The summed E-state index contributed by atoms with van der Waals surface area (Å²) < 4.78 is 0. The minimum atomic E-state index is -0.910. The molecule has 0 aromatic heterocycles. The van der Waals surface area contributed by atoms with Gasteiger partial charge in [-0.25, -0.2) is 0 Å². The van der Waals surface area contributed by atoms with Crippen LogP contribution in [0.4, 0.5) is 0 Å². The zero-order valence-electron chi connectivity index (χ0n) is 13.0. The Labute approximate surface area is 127 Å². The Kier molecular flexibility index (Phi) is 7.14. The van der Waals surface area contributed by atoms with Gasteiger partial charge in [-0.3, -0.25) is 4.79 Å². The van der Waals surface area contributed by atoms with Gasteiger partial charge in [-0.05, 0) is 30.5 Å². The molecule has 1 aromatic carbocycles. The van der Waals surface area contributed by atoms with Crippen molar-refractivity contribution in [2.45, 2.75) is 51.6 Å². The maximum atomic E-state index is 11.4. The average Bonchev–Trinajstić information content (AvgIpc) is 2.46. The molecule has 0 spiro atoms. The van der Waals surface area contributed by atoms with E-state index in [4.69, 9.17) is 5.73 Å². The third-order valence-corrected chi connectivity index (χ3v) is 3.32. The molecule has 3 heteroatoms. The summed E-state index contributed by atoms with van der Waals surface area (Å²) in [5.74, 6) is 6.06. The van der Waals surface area contributed by atoms with Crippen LogP contribution in [0, 0.1) is 11.8 Å². The summed E-state index contributed by atoms with van der Waals surface area (Å²) in [4.78, 5) is 11.4. The summed E-state index contributed by atoms with van der Waals surface area (Å²) in [6.45, 7) is 4.14. The number of aliphatic hydroxyl groups is 1. The molecule has 0 atom stereocenters. The maximum absolute atomic E-state index is 11.4. The standard InChI is InChI=1S/C18H25NO2/c1-3-9-18(21,10-4-2)11-8-15-6-5-7-16(12-15)13-17(20)14-19/h5-7,12,21H,3-4,9-10,13-14,19H2,1-2H3. The highest BCUT2D eigenvalue weighted by Gasteiger charge is 2.21. The fourth-order valence-corrected chi connectivity index (χ4v) is 2.32. The van der Waals surface area contributed by atoms with Crippen molar-refractivity contribution in [3.05, 3.63) is 35.4 Å². The zero-order valence-corrected chi connectivity index (χ0v) is 13.0. The second-order valence-corrected chi connectivity index (χ2v) is 5.40. The smallest absolute Gasteiger partial charge is 0.150 e. The van der Waals surface area contributed by atoms with Crippen molar-refractivity contribution in [3.8, 4) is 11.8 Å². The molecule has 0 saturated carbocycles. The van der Waals surface area contributed by atoms with Crippen molar-refractivity contribution in [2.75, 3.05) is 6.54 Å². The molecule has 1 aromatic rings. The van der Waals surface area contributed by atoms with E-state index < -0.39 is 5.60 Å². The van der Waals surface area contributed by atoms with Crippen molar-refractivity contribution in [2.24, 2.45) is 5.73 Å². The van der Waals surface area contributed by atoms with E-state index in [0.29, 0.717) is 19.3 Å². The lowest BCUT2D eigenvalue weighted by Crippen LogP contribution is -2.25. The van der Waals surface area contributed by atoms with E-state index in [-0.39, 0.29) is 12.3 Å². The first-order valence-electron chi connectivity index (χ1n) is 7.59. The first-order valence-corrected chi connectivity index (χ1v) is 7.59. The van der Waals surface area contributed by atoms with Crippen LogP contribution in [0.2, 0.25) is 0 Å². The van der Waals surface area contributed by atoms with Gasteiger partial charge in [0.05, 0.1) is 6.54 Å². The number of carbonyl (C=O) groups is 1. The van der Waals surface area contributed by atoms with E-state index in [0.717, 1.165) is 24.0 Å². The van der Waals surface area contributed by atoms with Gasteiger partial charge in [0.1, 0.15) is 5.60 Å². The van der Waals surface area contributed by atoms with Gasteiger partial charge < -0.3 is 10.8 Å². The fraction of sp³-hybridized carbons (Fsp3) is 0.500. The van der Waals surface area contributed by atoms with Crippen molar-refractivity contribution in [1.29, 1.82) is 0 Å². The first-order chi connectivity index (χ1) is 10.0. The van der Waals surface area contributed by atoms with Crippen molar-refractivity contribution >= 4 is 5.78 Å². The molecule has 0 bridgehead atoms. The Balaban J connectivity index is 2.89. The van der Waals surface area contributed by atoms with Crippen LogP contribution < -0.4 is 5.73 Å². The van der Waals surface area contributed by atoms with Crippen molar-refractivity contribution in [3.63, 3.8) is 0 Å². The molecule has 0 amide bonds. The van der Waals surface area contributed by atoms with Crippen molar-refractivity contribution < 1.29 is 9.90 Å². The third kappa shape index (κ3) is 6.12. The van der Waals surface area contributed by atoms with E-state index in [1.807, 2.05) is 38.1 Å². The predicted octanol–water partition coefficient (Wildman–Crippen LogP) is 2.44. The molecule has 21 heavy (non-hydrogen) atoms. The van der Waals surface area contributed by atoms with Gasteiger partial charge >= 0.3 is 0 Å². The number of nitrogens with two attached hydrogens (primary N) is 1. The van der Waals surface area contributed by atoms with Crippen LogP contribution in [0.3, 0.4) is 0 Å². The Morgan fingerprint density at radius 2 is 1.95 bits per heavy atom. The molecule has 1 rings (SSSR count). The van der Waals surface area contributed by atoms with Gasteiger partial charge in [-0.15, -0.1) is 0 Å². The summed E-state index contributed by atoms with van der Waals surface area (Å²) in [5, 5.41) is 10.5. The SMILES string of the molecule is CCCC(O)(C#Cc1cccc(CC(=O)CN)c1)CCC. The molecular weight excluding hydrogens is 262 g/mol. The summed E-state index contributed by atoms with van der Waals surface area (Å²) in [5.41, 5.74) is 6.15. The maximum Gasteiger partial charge on any atom is 0.150 e. The highest BCUT2D eigenvalue weighted by Crippen LogP contribution is 2.18. The predicted molar refractivity (Wildman–Crippen MR) is 85.9 cm³/mol. The van der Waals surface area contributed by atoms with Crippen molar-refractivity contribution in [1.82, 2.24) is 0 Å². The lowest BCUT2D eigenvalue weighted by molar-refractivity contribution is -0.117. The van der Waals surface area contributed by atoms with Gasteiger partial charge in [0.15, 0.2) is 5.78 Å². The third-order valence-electron chi connectivity index (χ3n) is 3.32. The highest BCUT2D eigenvalue weighted by molar-refractivity contribution is 5.82. The molecule has 3 N–H and O–H groups in total. The second kappa shape index (κ2) is 8.61. The Morgan fingerprint density at radius 1 is 1.29 bits per heavy atom. The van der Waals surface area contributed by atoms with E-state index in [1.165, 1.54) is 0 Å². The fourth-order valence-electron chi connectivity index (χ4n) is 2.32. The normalized spacial score (nSPS) is 10.9. The van der Waals surface area contributed by atoms with Gasteiger partial charge in [-0.2, -0.15) is 0 Å². The number of Topliss-reactive ketones (excluding diaryl/α,β-unsaturated/α-hetero) is 1. The molecule has 0 radical (unpaired) electrons. The number of carbonyl (C=O) groups excluding carboxylic acids is 1. The molecule has 0 aliphatic rings. The Morgan fingerprint density at radius 3 is 2.52 bits per heavy atom. The Hall–Kier alpha value is -1.63. The van der Waals surface area contributed by atoms with Crippen LogP contribution >= 0.6 is 0 Å². The van der Waals surface area contributed by atoms with Gasteiger partial charge in [-0.1, -0.05) is 50.7 Å². The number of rotatable bonds is 7. The van der Waals surface area contributed by atoms with Gasteiger partial charge in [0, 0.05) is 12.0 Å². The van der Waals surface area contributed by atoms with Gasteiger partial charge in [0.25, 0.3) is 0 Å². The van der Waals surface area contributed by atoms with Crippen LogP contribution in [0.25, 0.3) is 0 Å². The van der Waals surface area contributed by atoms with Crippen LogP contribution in [0.5, 0.6) is 0 Å². The monoisotopic (exact) mass is 287 g/mol. The zero-order chi connectivity index (χ0) is 15.7. The molecule has 114 valence electrons. The van der Waals surface area contributed by atoms with Crippen LogP contribution in [0.1, 0.15) is 50.7 Å². The molecule has 0 unspecified atom stereocenters. The topological polar surface area (TPSA) is 63.3 Å². The molecule has 0 heterocycles. The van der Waals surface area contributed by atoms with E-state index in [1.54, 1.807) is 0 Å². The summed E-state index contributed by atoms with van der Waals surface area (Å²) in [6, 6.07) is 7.55.